The largest absolute Gasteiger partial charge is 0.496 e. The van der Waals surface area contributed by atoms with Gasteiger partial charge in [-0.1, -0.05) is 50.2 Å². The van der Waals surface area contributed by atoms with E-state index >= 15 is 0 Å². The van der Waals surface area contributed by atoms with Crippen molar-refractivity contribution in [1.29, 1.82) is 0 Å². The molecule has 0 bridgehead atoms. The van der Waals surface area contributed by atoms with E-state index in [0.717, 1.165) is 17.0 Å². The van der Waals surface area contributed by atoms with Crippen LogP contribution in [0.4, 0.5) is 5.82 Å². The van der Waals surface area contributed by atoms with Gasteiger partial charge in [-0.25, -0.2) is 4.68 Å². The fourth-order valence-electron chi connectivity index (χ4n) is 2.93. The molecule has 3 rings (SSSR count). The van der Waals surface area contributed by atoms with Crippen LogP contribution < -0.4 is 15.4 Å². The zero-order chi connectivity index (χ0) is 21.5. The summed E-state index contributed by atoms with van der Waals surface area (Å²) < 4.78 is 6.91. The maximum atomic E-state index is 12.7. The molecule has 156 valence electrons. The minimum absolute atomic E-state index is 0.143. The first-order valence-corrected chi connectivity index (χ1v) is 9.86. The van der Waals surface area contributed by atoms with Crippen LogP contribution in [0.2, 0.25) is 0 Å². The number of ether oxygens (including phenoxy) is 1. The zero-order valence-electron chi connectivity index (χ0n) is 17.4. The number of methoxy groups -OCH3 is 1. The quantitative estimate of drug-likeness (QED) is 0.600. The Kier molecular flexibility index (Phi) is 6.85. The van der Waals surface area contributed by atoms with Gasteiger partial charge >= 0.3 is 0 Å². The third-order valence-corrected chi connectivity index (χ3v) is 4.59. The summed E-state index contributed by atoms with van der Waals surface area (Å²) in [7, 11) is 1.63. The van der Waals surface area contributed by atoms with Gasteiger partial charge in [-0.15, -0.1) is 0 Å². The molecular formula is C23H26N4O3. The molecule has 0 saturated heterocycles. The Balaban J connectivity index is 1.75. The molecule has 3 aromatic rings. The molecule has 0 saturated carbocycles. The Morgan fingerprint density at radius 3 is 2.47 bits per heavy atom. The molecule has 0 fully saturated rings. The maximum absolute atomic E-state index is 12.7. The summed E-state index contributed by atoms with van der Waals surface area (Å²) in [5.41, 5.74) is 2.00. The number of aromatic nitrogens is 2. The summed E-state index contributed by atoms with van der Waals surface area (Å²) in [4.78, 5) is 24.9. The summed E-state index contributed by atoms with van der Waals surface area (Å²) in [5.74, 6) is 0.602. The zero-order valence-corrected chi connectivity index (χ0v) is 17.4. The second-order valence-corrected chi connectivity index (χ2v) is 7.12. The van der Waals surface area contributed by atoms with Crippen LogP contribution in [0.3, 0.4) is 0 Å². The first kappa shape index (κ1) is 21.1. The minimum Gasteiger partial charge on any atom is -0.496 e. The van der Waals surface area contributed by atoms with Gasteiger partial charge in [-0.2, -0.15) is 5.10 Å². The van der Waals surface area contributed by atoms with Crippen molar-refractivity contribution < 1.29 is 14.3 Å². The second-order valence-electron chi connectivity index (χ2n) is 7.12. The van der Waals surface area contributed by atoms with Gasteiger partial charge < -0.3 is 15.4 Å². The van der Waals surface area contributed by atoms with E-state index in [0.29, 0.717) is 18.8 Å². The number of para-hydroxylation sites is 2. The van der Waals surface area contributed by atoms with Gasteiger partial charge in [0.1, 0.15) is 11.6 Å². The van der Waals surface area contributed by atoms with Crippen LogP contribution in [0.5, 0.6) is 5.75 Å². The van der Waals surface area contributed by atoms with Crippen LogP contribution >= 0.6 is 0 Å². The molecule has 2 amide bonds. The van der Waals surface area contributed by atoms with Crippen molar-refractivity contribution in [3.05, 3.63) is 71.9 Å². The molecule has 2 N–H and O–H groups in total. The van der Waals surface area contributed by atoms with Crippen molar-refractivity contribution in [2.24, 2.45) is 5.92 Å². The summed E-state index contributed by atoms with van der Waals surface area (Å²) in [5, 5.41) is 10.1. The number of nitrogens with one attached hydrogen (secondary N) is 2. The van der Waals surface area contributed by atoms with Crippen LogP contribution in [-0.2, 0) is 11.2 Å². The average molecular weight is 406 g/mol. The van der Waals surface area contributed by atoms with Crippen molar-refractivity contribution in [3.63, 3.8) is 0 Å². The van der Waals surface area contributed by atoms with Crippen molar-refractivity contribution in [3.8, 4) is 11.4 Å². The molecule has 30 heavy (non-hydrogen) atoms. The molecule has 0 unspecified atom stereocenters. The predicted octanol–water partition coefficient (Wildman–Crippen LogP) is 3.45. The minimum atomic E-state index is -0.306. The van der Waals surface area contributed by atoms with Gasteiger partial charge in [0, 0.05) is 18.5 Å². The number of amides is 2. The molecule has 1 aromatic heterocycles. The number of carbonyl (C=O) groups is 2. The summed E-state index contributed by atoms with van der Waals surface area (Å²) in [6.07, 6.45) is 0.631. The smallest absolute Gasteiger partial charge is 0.271 e. The Hall–Kier alpha value is -3.61. The maximum Gasteiger partial charge on any atom is 0.271 e. The van der Waals surface area contributed by atoms with Crippen molar-refractivity contribution >= 4 is 17.6 Å². The fraction of sp³-hybridized carbons (Fsp3) is 0.261. The van der Waals surface area contributed by atoms with Gasteiger partial charge in [0.2, 0.25) is 5.91 Å². The highest BCUT2D eigenvalue weighted by atomic mass is 16.5. The van der Waals surface area contributed by atoms with Gasteiger partial charge in [-0.3, -0.25) is 9.59 Å². The second kappa shape index (κ2) is 9.73. The first-order valence-electron chi connectivity index (χ1n) is 9.86. The molecule has 2 aromatic carbocycles. The van der Waals surface area contributed by atoms with E-state index in [4.69, 9.17) is 4.74 Å². The number of nitrogens with zero attached hydrogens (tertiary/aromatic N) is 2. The lowest BCUT2D eigenvalue weighted by molar-refractivity contribution is -0.118. The third-order valence-electron chi connectivity index (χ3n) is 4.59. The van der Waals surface area contributed by atoms with Gasteiger partial charge in [-0.05, 0) is 30.2 Å². The standard InChI is InChI=1S/C23H26N4O3/c1-16(2)22(28)25-21-15-19(26-27(21)18-10-5-4-6-11-18)23(29)24-14-13-17-9-7-8-12-20(17)30-3/h4-12,15-16H,13-14H2,1-3H3,(H,24,29)(H,25,28). The highest BCUT2D eigenvalue weighted by molar-refractivity contribution is 5.96. The number of carbonyl (C=O) groups excluding carboxylic acids is 2. The fourth-order valence-corrected chi connectivity index (χ4v) is 2.93. The van der Waals surface area contributed by atoms with Gasteiger partial charge in [0.25, 0.3) is 5.91 Å². The van der Waals surface area contributed by atoms with E-state index in [1.807, 2.05) is 68.4 Å². The molecule has 0 spiro atoms. The third kappa shape index (κ3) is 5.05. The van der Waals surface area contributed by atoms with Crippen LogP contribution in [0, 0.1) is 5.92 Å². The molecule has 0 aliphatic rings. The summed E-state index contributed by atoms with van der Waals surface area (Å²) >= 11 is 0. The summed E-state index contributed by atoms with van der Waals surface area (Å²) in [6.45, 7) is 4.05. The van der Waals surface area contributed by atoms with Crippen LogP contribution in [-0.4, -0.2) is 35.2 Å². The van der Waals surface area contributed by atoms with E-state index in [2.05, 4.69) is 15.7 Å². The number of anilines is 1. The Morgan fingerprint density at radius 2 is 1.77 bits per heavy atom. The summed E-state index contributed by atoms with van der Waals surface area (Å²) in [6, 6.07) is 18.7. The monoisotopic (exact) mass is 406 g/mol. The molecule has 0 atom stereocenters. The van der Waals surface area contributed by atoms with E-state index in [1.54, 1.807) is 17.9 Å². The van der Waals surface area contributed by atoms with E-state index < -0.39 is 0 Å². The van der Waals surface area contributed by atoms with Crippen molar-refractivity contribution in [1.82, 2.24) is 15.1 Å². The number of hydrogen-bond acceptors (Lipinski definition) is 4. The van der Waals surface area contributed by atoms with Crippen molar-refractivity contribution in [2.45, 2.75) is 20.3 Å². The lowest BCUT2D eigenvalue weighted by atomic mass is 10.1. The topological polar surface area (TPSA) is 85.3 Å². The number of hydrogen-bond donors (Lipinski definition) is 2. The Morgan fingerprint density at radius 1 is 1.07 bits per heavy atom. The highest BCUT2D eigenvalue weighted by Crippen LogP contribution is 2.19. The number of rotatable bonds is 8. The Bertz CT molecular complexity index is 1010. The Labute approximate surface area is 176 Å². The highest BCUT2D eigenvalue weighted by Gasteiger charge is 2.18. The number of benzene rings is 2. The lowest BCUT2D eigenvalue weighted by Crippen LogP contribution is -2.26. The van der Waals surface area contributed by atoms with E-state index in [1.165, 1.54) is 0 Å². The molecule has 1 heterocycles. The van der Waals surface area contributed by atoms with Crippen LogP contribution in [0.15, 0.2) is 60.7 Å². The van der Waals surface area contributed by atoms with Crippen LogP contribution in [0.1, 0.15) is 29.9 Å². The lowest BCUT2D eigenvalue weighted by Gasteiger charge is -2.10. The van der Waals surface area contributed by atoms with E-state index in [9.17, 15) is 9.59 Å². The normalized spacial score (nSPS) is 10.7. The SMILES string of the molecule is COc1ccccc1CCNC(=O)c1cc(NC(=O)C(C)C)n(-c2ccccc2)n1. The van der Waals surface area contributed by atoms with Crippen molar-refractivity contribution in [2.75, 3.05) is 19.0 Å². The molecule has 0 aliphatic heterocycles. The molecular weight excluding hydrogens is 380 g/mol. The molecule has 7 nitrogen and oxygen atoms in total. The van der Waals surface area contributed by atoms with Crippen LogP contribution in [0.25, 0.3) is 5.69 Å². The first-order chi connectivity index (χ1) is 14.5. The molecule has 0 aliphatic carbocycles. The predicted molar refractivity (Wildman–Crippen MR) is 116 cm³/mol. The molecule has 0 radical (unpaired) electrons. The van der Waals surface area contributed by atoms with Gasteiger partial charge in [0.15, 0.2) is 5.69 Å². The average Bonchev–Trinajstić information content (AvgIpc) is 3.18. The molecule has 7 heteroatoms. The van der Waals surface area contributed by atoms with E-state index in [-0.39, 0.29) is 23.4 Å². The van der Waals surface area contributed by atoms with Gasteiger partial charge in [0.05, 0.1) is 12.8 Å².